The minimum atomic E-state index is 0.807. The second kappa shape index (κ2) is 14.0. The number of nitrogens with zero attached hydrogens (tertiary/aromatic N) is 2. The molecule has 8 unspecified atom stereocenters. The fourth-order valence-corrected chi connectivity index (χ4v) is 11.9. The summed E-state index contributed by atoms with van der Waals surface area (Å²) < 4.78 is 13.5. The van der Waals surface area contributed by atoms with Crippen molar-refractivity contribution in [3.05, 3.63) is 120 Å². The molecular formula is C52H56N2O2. The minimum Gasteiger partial charge on any atom is -0.456 e. The first-order valence-corrected chi connectivity index (χ1v) is 22.0. The number of hydrogen-bond acceptors (Lipinski definition) is 4. The van der Waals surface area contributed by atoms with Crippen LogP contribution in [-0.2, 0) is 12.8 Å². The lowest BCUT2D eigenvalue weighted by atomic mass is 9.86. The lowest BCUT2D eigenvalue weighted by Crippen LogP contribution is -2.22. The van der Waals surface area contributed by atoms with E-state index in [-0.39, 0.29) is 0 Å². The van der Waals surface area contributed by atoms with Gasteiger partial charge in [0, 0.05) is 59.8 Å². The molecule has 0 radical (unpaired) electrons. The standard InChI is InChI=1S/C52H56N2O2/c1-3-5-7-41-27-49(33-17-21-43(22-18-33)53-29-45-37-13-14-38(25-37)46(45)30-53)55-51(41)35-9-11-36(12-10-35)52-42(8-6-4-2)28-50(56-52)34-19-23-44(24-20-34)54-31-47-39-15-16-40(26-39)48(47)32-54/h9-24,27-28,37-40,45-48H,3-8,25-26,29-32H2,1-2H3. The molecule has 2 saturated carbocycles. The van der Waals surface area contributed by atoms with Crippen LogP contribution in [0.4, 0.5) is 11.4 Å². The highest BCUT2D eigenvalue weighted by Gasteiger charge is 2.50. The Morgan fingerprint density at radius 2 is 0.804 bits per heavy atom. The van der Waals surface area contributed by atoms with E-state index in [1.54, 1.807) is 0 Å². The Bertz CT molecular complexity index is 2050. The van der Waals surface area contributed by atoms with Gasteiger partial charge in [-0.1, -0.05) is 75.3 Å². The van der Waals surface area contributed by atoms with E-state index in [9.17, 15) is 0 Å². The summed E-state index contributed by atoms with van der Waals surface area (Å²) in [6.07, 6.45) is 19.4. The molecule has 11 rings (SSSR count). The summed E-state index contributed by atoms with van der Waals surface area (Å²) in [6, 6.07) is 31.8. The normalized spacial score (nSPS) is 28.0. The summed E-state index contributed by atoms with van der Waals surface area (Å²) in [5, 5.41) is 0. The van der Waals surface area contributed by atoms with Crippen LogP contribution in [0.25, 0.3) is 45.3 Å². The maximum atomic E-state index is 6.76. The van der Waals surface area contributed by atoms with Gasteiger partial charge in [-0.05, 0) is 158 Å². The van der Waals surface area contributed by atoms with Gasteiger partial charge in [-0.3, -0.25) is 0 Å². The van der Waals surface area contributed by atoms with E-state index in [0.717, 1.165) is 131 Å². The van der Waals surface area contributed by atoms with Crippen molar-refractivity contribution in [3.8, 4) is 45.3 Å². The molecule has 0 N–H and O–H groups in total. The Labute approximate surface area is 333 Å². The SMILES string of the molecule is CCCCc1cc(-c2ccc(N3CC4C5C=CC(C5)C4C3)cc2)oc1-c1ccc(-c2oc(-c3ccc(N4CC5C6C=CC(C6)C5C4)cc3)cc2CCCC)cc1. The van der Waals surface area contributed by atoms with Crippen molar-refractivity contribution in [2.24, 2.45) is 47.3 Å². The molecule has 2 aromatic heterocycles. The number of furan rings is 2. The molecule has 5 aromatic rings. The lowest BCUT2D eigenvalue weighted by molar-refractivity contribution is 0.395. The van der Waals surface area contributed by atoms with Crippen molar-refractivity contribution >= 4 is 11.4 Å². The first-order valence-electron chi connectivity index (χ1n) is 22.0. The van der Waals surface area contributed by atoms with Crippen LogP contribution < -0.4 is 9.80 Å². The van der Waals surface area contributed by atoms with E-state index in [1.807, 2.05) is 0 Å². The van der Waals surface area contributed by atoms with Gasteiger partial charge in [-0.2, -0.15) is 0 Å². The van der Waals surface area contributed by atoms with Gasteiger partial charge in [0.05, 0.1) is 0 Å². The summed E-state index contributed by atoms with van der Waals surface area (Å²) in [5.74, 6) is 10.5. The molecular weight excluding hydrogens is 685 g/mol. The van der Waals surface area contributed by atoms with Crippen molar-refractivity contribution in [2.75, 3.05) is 36.0 Å². The maximum Gasteiger partial charge on any atom is 0.137 e. The molecule has 3 aromatic carbocycles. The van der Waals surface area contributed by atoms with Gasteiger partial charge in [0.15, 0.2) is 0 Å². The van der Waals surface area contributed by atoms with Gasteiger partial charge < -0.3 is 18.6 Å². The molecule has 0 spiro atoms. The summed E-state index contributed by atoms with van der Waals surface area (Å²) in [6.45, 7) is 9.32. The van der Waals surface area contributed by atoms with Gasteiger partial charge in [0.2, 0.25) is 0 Å². The zero-order valence-corrected chi connectivity index (χ0v) is 33.2. The average molecular weight is 741 g/mol. The monoisotopic (exact) mass is 740 g/mol. The third-order valence-electron chi connectivity index (χ3n) is 15.0. The molecule has 4 heterocycles. The topological polar surface area (TPSA) is 32.8 Å². The smallest absolute Gasteiger partial charge is 0.137 e. The van der Waals surface area contributed by atoms with Crippen molar-refractivity contribution in [3.63, 3.8) is 0 Å². The molecule has 0 amide bonds. The molecule has 4 heteroatoms. The zero-order chi connectivity index (χ0) is 37.3. The molecule has 2 aliphatic heterocycles. The van der Waals surface area contributed by atoms with Gasteiger partial charge >= 0.3 is 0 Å². The van der Waals surface area contributed by atoms with Crippen LogP contribution in [-0.4, -0.2) is 26.2 Å². The van der Waals surface area contributed by atoms with E-state index in [2.05, 4.69) is 133 Å². The number of anilines is 2. The van der Waals surface area contributed by atoms with Gasteiger partial charge in [0.1, 0.15) is 23.0 Å². The Kier molecular flexibility index (Phi) is 8.66. The van der Waals surface area contributed by atoms with E-state index < -0.39 is 0 Å². The fraction of sp³-hybridized carbons (Fsp3) is 0.423. The highest BCUT2D eigenvalue weighted by molar-refractivity contribution is 5.74. The number of hydrogen-bond donors (Lipinski definition) is 0. The second-order valence-corrected chi connectivity index (χ2v) is 18.2. The van der Waals surface area contributed by atoms with Crippen LogP contribution in [0.15, 0.2) is 118 Å². The molecule has 4 fully saturated rings. The number of fused-ring (bicyclic) bond motifs is 10. The predicted octanol–water partition coefficient (Wildman–Crippen LogP) is 12.7. The van der Waals surface area contributed by atoms with E-state index in [0.29, 0.717) is 0 Å². The van der Waals surface area contributed by atoms with Crippen LogP contribution in [0.3, 0.4) is 0 Å². The largest absolute Gasteiger partial charge is 0.456 e. The fourth-order valence-electron chi connectivity index (χ4n) is 11.9. The predicted molar refractivity (Wildman–Crippen MR) is 230 cm³/mol. The summed E-state index contributed by atoms with van der Waals surface area (Å²) in [7, 11) is 0. The van der Waals surface area contributed by atoms with Crippen LogP contribution in [0.2, 0.25) is 0 Å². The Morgan fingerprint density at radius 3 is 1.14 bits per heavy atom. The van der Waals surface area contributed by atoms with Crippen LogP contribution in [0.5, 0.6) is 0 Å². The van der Waals surface area contributed by atoms with Crippen molar-refractivity contribution < 1.29 is 8.83 Å². The summed E-state index contributed by atoms with van der Waals surface area (Å²) in [5.41, 5.74) is 9.84. The number of unbranched alkanes of at least 4 members (excludes halogenated alkanes) is 2. The number of aryl methyl sites for hydroxylation is 2. The molecule has 4 bridgehead atoms. The van der Waals surface area contributed by atoms with Crippen molar-refractivity contribution in [1.29, 1.82) is 0 Å². The molecule has 8 atom stereocenters. The molecule has 4 aliphatic carbocycles. The van der Waals surface area contributed by atoms with Gasteiger partial charge in [0.25, 0.3) is 0 Å². The van der Waals surface area contributed by atoms with E-state index in [1.165, 1.54) is 61.5 Å². The number of benzene rings is 3. The lowest BCUT2D eigenvalue weighted by Gasteiger charge is -2.21. The quantitative estimate of drug-likeness (QED) is 0.119. The maximum absolute atomic E-state index is 6.76. The number of rotatable bonds is 12. The van der Waals surface area contributed by atoms with Crippen LogP contribution >= 0.6 is 0 Å². The highest BCUT2D eigenvalue weighted by Crippen LogP contribution is 2.53. The Balaban J connectivity index is 0.822. The molecule has 6 aliphatic rings. The summed E-state index contributed by atoms with van der Waals surface area (Å²) in [4.78, 5) is 5.25. The van der Waals surface area contributed by atoms with Crippen molar-refractivity contribution in [1.82, 2.24) is 0 Å². The Morgan fingerprint density at radius 1 is 0.464 bits per heavy atom. The van der Waals surface area contributed by atoms with Crippen LogP contribution in [0, 0.1) is 47.3 Å². The summed E-state index contributed by atoms with van der Waals surface area (Å²) >= 11 is 0. The first kappa shape index (κ1) is 34.5. The molecule has 56 heavy (non-hydrogen) atoms. The van der Waals surface area contributed by atoms with Crippen LogP contribution in [0.1, 0.15) is 63.5 Å². The third kappa shape index (κ3) is 5.93. The minimum absolute atomic E-state index is 0.807. The third-order valence-corrected chi connectivity index (χ3v) is 15.0. The van der Waals surface area contributed by atoms with E-state index in [4.69, 9.17) is 8.83 Å². The van der Waals surface area contributed by atoms with Gasteiger partial charge in [-0.25, -0.2) is 0 Å². The first-order chi connectivity index (χ1) is 27.6. The number of allylic oxidation sites excluding steroid dienone is 4. The second-order valence-electron chi connectivity index (χ2n) is 18.2. The van der Waals surface area contributed by atoms with Gasteiger partial charge in [-0.15, -0.1) is 0 Å². The Hall–Kier alpha value is -4.70. The molecule has 286 valence electrons. The average Bonchev–Trinajstić information content (AvgIpc) is 4.09. The highest BCUT2D eigenvalue weighted by atomic mass is 16.3. The molecule has 2 saturated heterocycles. The van der Waals surface area contributed by atoms with Crippen molar-refractivity contribution in [2.45, 2.75) is 65.2 Å². The molecule has 4 nitrogen and oxygen atoms in total. The zero-order valence-electron chi connectivity index (χ0n) is 33.2. The van der Waals surface area contributed by atoms with E-state index >= 15 is 0 Å².